The first-order valence-corrected chi connectivity index (χ1v) is 7.54. The lowest BCUT2D eigenvalue weighted by Gasteiger charge is -2.31. The summed E-state index contributed by atoms with van der Waals surface area (Å²) in [7, 11) is 1.70. The maximum atomic E-state index is 12.1. The summed E-state index contributed by atoms with van der Waals surface area (Å²) in [6.45, 7) is 0.494. The quantitative estimate of drug-likeness (QED) is 0.774. The van der Waals surface area contributed by atoms with Crippen LogP contribution in [0.3, 0.4) is 0 Å². The molecule has 1 saturated heterocycles. The number of nitrogens with two attached hydrogens (primary N) is 1. The molecule has 2 rings (SSSR count). The Morgan fingerprint density at radius 3 is 2.78 bits per heavy atom. The molecule has 0 aliphatic carbocycles. The summed E-state index contributed by atoms with van der Waals surface area (Å²) < 4.78 is 5.09. The minimum absolute atomic E-state index is 0.290. The number of hydrogen-bond acceptors (Lipinski definition) is 5. The van der Waals surface area contributed by atoms with Crippen molar-refractivity contribution in [2.75, 3.05) is 32.1 Å². The molecule has 7 nitrogen and oxygen atoms in total. The molecular weight excluding hydrogens is 298 g/mol. The molecule has 1 aromatic rings. The zero-order valence-corrected chi connectivity index (χ0v) is 13.1. The van der Waals surface area contributed by atoms with Crippen molar-refractivity contribution in [1.82, 2.24) is 4.90 Å². The van der Waals surface area contributed by atoms with Crippen molar-refractivity contribution >= 4 is 23.5 Å². The molecule has 23 heavy (non-hydrogen) atoms. The van der Waals surface area contributed by atoms with E-state index in [4.69, 9.17) is 10.5 Å². The molecule has 0 radical (unpaired) electrons. The standard InChI is InChI=1S/C16H21N3O4/c1-18-13-7-3-2-6-12(13)16(22)23-10-14(20)19-8-4-5-11(9-19)15(17)21/h2-3,6-7,11,18H,4-5,8-10H2,1H3,(H2,17,21)/t11-/m1/s1. The lowest BCUT2D eigenvalue weighted by Crippen LogP contribution is -2.45. The van der Waals surface area contributed by atoms with Crippen LogP contribution in [0, 0.1) is 5.92 Å². The van der Waals surface area contributed by atoms with E-state index in [9.17, 15) is 14.4 Å². The maximum Gasteiger partial charge on any atom is 0.340 e. The Hall–Kier alpha value is -2.57. The van der Waals surface area contributed by atoms with Gasteiger partial charge in [-0.05, 0) is 25.0 Å². The maximum absolute atomic E-state index is 12.1. The molecule has 1 fully saturated rings. The highest BCUT2D eigenvalue weighted by atomic mass is 16.5. The van der Waals surface area contributed by atoms with Gasteiger partial charge in [0.2, 0.25) is 5.91 Å². The summed E-state index contributed by atoms with van der Waals surface area (Å²) in [5.74, 6) is -1.60. The topological polar surface area (TPSA) is 102 Å². The minimum Gasteiger partial charge on any atom is -0.452 e. The Bertz CT molecular complexity index is 603. The van der Waals surface area contributed by atoms with Crippen molar-refractivity contribution in [3.05, 3.63) is 29.8 Å². The van der Waals surface area contributed by atoms with E-state index < -0.39 is 11.9 Å². The molecule has 0 spiro atoms. The number of nitrogens with zero attached hydrogens (tertiary/aromatic N) is 1. The summed E-state index contributed by atoms with van der Waals surface area (Å²) in [6, 6.07) is 6.90. The van der Waals surface area contributed by atoms with Crippen molar-refractivity contribution in [3.63, 3.8) is 0 Å². The van der Waals surface area contributed by atoms with Crippen LogP contribution in [0.2, 0.25) is 0 Å². The van der Waals surface area contributed by atoms with E-state index in [-0.39, 0.29) is 18.4 Å². The predicted molar refractivity (Wildman–Crippen MR) is 84.8 cm³/mol. The fourth-order valence-electron chi connectivity index (χ4n) is 2.61. The molecule has 0 aromatic heterocycles. The van der Waals surface area contributed by atoms with Crippen LogP contribution in [-0.2, 0) is 14.3 Å². The summed E-state index contributed by atoms with van der Waals surface area (Å²) in [4.78, 5) is 37.0. The summed E-state index contributed by atoms with van der Waals surface area (Å²) >= 11 is 0. The van der Waals surface area contributed by atoms with Gasteiger partial charge < -0.3 is 20.7 Å². The van der Waals surface area contributed by atoms with E-state index in [0.29, 0.717) is 30.8 Å². The lowest BCUT2D eigenvalue weighted by molar-refractivity contribution is -0.137. The van der Waals surface area contributed by atoms with E-state index >= 15 is 0 Å². The van der Waals surface area contributed by atoms with Crippen LogP contribution < -0.4 is 11.1 Å². The molecule has 1 aromatic carbocycles. The average molecular weight is 319 g/mol. The number of amides is 2. The first-order valence-electron chi connectivity index (χ1n) is 7.54. The number of carbonyl (C=O) groups excluding carboxylic acids is 3. The van der Waals surface area contributed by atoms with Gasteiger partial charge in [0.1, 0.15) is 0 Å². The SMILES string of the molecule is CNc1ccccc1C(=O)OCC(=O)N1CCC[C@@H](C(N)=O)C1. The van der Waals surface area contributed by atoms with Crippen molar-refractivity contribution in [2.24, 2.45) is 11.7 Å². The van der Waals surface area contributed by atoms with E-state index in [0.717, 1.165) is 6.42 Å². The predicted octanol–water partition coefficient (Wildman–Crippen LogP) is 0.609. The smallest absolute Gasteiger partial charge is 0.340 e. The van der Waals surface area contributed by atoms with Gasteiger partial charge in [0.15, 0.2) is 6.61 Å². The molecule has 7 heteroatoms. The first-order chi connectivity index (χ1) is 11.0. The van der Waals surface area contributed by atoms with Gasteiger partial charge >= 0.3 is 5.97 Å². The average Bonchev–Trinajstić information content (AvgIpc) is 2.59. The lowest BCUT2D eigenvalue weighted by atomic mass is 9.97. The van der Waals surface area contributed by atoms with E-state index in [2.05, 4.69) is 5.32 Å². The number of likely N-dealkylation sites (tertiary alicyclic amines) is 1. The van der Waals surface area contributed by atoms with E-state index in [1.54, 1.807) is 31.3 Å². The highest BCUT2D eigenvalue weighted by molar-refractivity contribution is 5.96. The summed E-state index contributed by atoms with van der Waals surface area (Å²) in [6.07, 6.45) is 1.41. The van der Waals surface area contributed by atoms with Crippen LogP contribution in [0.5, 0.6) is 0 Å². The molecular formula is C16H21N3O4. The number of anilines is 1. The van der Waals surface area contributed by atoms with Crippen molar-refractivity contribution in [3.8, 4) is 0 Å². The second-order valence-electron chi connectivity index (χ2n) is 5.45. The van der Waals surface area contributed by atoms with Gasteiger partial charge in [-0.25, -0.2) is 4.79 Å². The molecule has 0 unspecified atom stereocenters. The Kier molecular flexibility index (Phi) is 5.56. The third kappa shape index (κ3) is 4.21. The molecule has 1 aliphatic heterocycles. The van der Waals surface area contributed by atoms with Crippen LogP contribution in [0.1, 0.15) is 23.2 Å². The van der Waals surface area contributed by atoms with Crippen LogP contribution in [0.25, 0.3) is 0 Å². The van der Waals surface area contributed by atoms with E-state index in [1.165, 1.54) is 4.90 Å². The molecule has 1 aliphatic rings. The number of nitrogens with one attached hydrogen (secondary N) is 1. The van der Waals surface area contributed by atoms with Gasteiger partial charge in [0, 0.05) is 25.8 Å². The first kappa shape index (κ1) is 16.8. The largest absolute Gasteiger partial charge is 0.452 e. The third-order valence-electron chi connectivity index (χ3n) is 3.92. The molecule has 2 amide bonds. The van der Waals surface area contributed by atoms with Crippen LogP contribution in [-0.4, -0.2) is 49.4 Å². The number of esters is 1. The van der Waals surface area contributed by atoms with Gasteiger partial charge in [0.25, 0.3) is 5.91 Å². The minimum atomic E-state index is -0.563. The fraction of sp³-hybridized carbons (Fsp3) is 0.438. The molecule has 0 saturated carbocycles. The number of benzene rings is 1. The Balaban J connectivity index is 1.91. The van der Waals surface area contributed by atoms with Gasteiger partial charge in [0.05, 0.1) is 11.5 Å². The number of hydrogen-bond donors (Lipinski definition) is 2. The number of rotatable bonds is 5. The van der Waals surface area contributed by atoms with Gasteiger partial charge in [-0.1, -0.05) is 12.1 Å². The summed E-state index contributed by atoms with van der Waals surface area (Å²) in [5, 5.41) is 2.90. The Morgan fingerprint density at radius 1 is 1.35 bits per heavy atom. The molecule has 1 heterocycles. The summed E-state index contributed by atoms with van der Waals surface area (Å²) in [5.41, 5.74) is 6.30. The number of piperidine rings is 1. The second kappa shape index (κ2) is 7.62. The van der Waals surface area contributed by atoms with Crippen LogP contribution in [0.4, 0.5) is 5.69 Å². The highest BCUT2D eigenvalue weighted by Gasteiger charge is 2.27. The third-order valence-corrected chi connectivity index (χ3v) is 3.92. The van der Waals surface area contributed by atoms with Crippen molar-refractivity contribution < 1.29 is 19.1 Å². The van der Waals surface area contributed by atoms with Gasteiger partial charge in [-0.15, -0.1) is 0 Å². The number of ether oxygens (including phenoxy) is 1. The molecule has 3 N–H and O–H groups in total. The highest BCUT2D eigenvalue weighted by Crippen LogP contribution is 2.17. The number of primary amides is 1. The number of para-hydroxylation sites is 1. The molecule has 124 valence electrons. The zero-order chi connectivity index (χ0) is 16.8. The van der Waals surface area contributed by atoms with Crippen LogP contribution >= 0.6 is 0 Å². The Morgan fingerprint density at radius 2 is 2.09 bits per heavy atom. The van der Waals surface area contributed by atoms with Crippen LogP contribution in [0.15, 0.2) is 24.3 Å². The number of carbonyl (C=O) groups is 3. The van der Waals surface area contributed by atoms with Crippen molar-refractivity contribution in [1.29, 1.82) is 0 Å². The van der Waals surface area contributed by atoms with E-state index in [1.807, 2.05) is 0 Å². The molecule has 0 bridgehead atoms. The fourth-order valence-corrected chi connectivity index (χ4v) is 2.61. The zero-order valence-electron chi connectivity index (χ0n) is 13.1. The van der Waals surface area contributed by atoms with Crippen molar-refractivity contribution in [2.45, 2.75) is 12.8 Å². The van der Waals surface area contributed by atoms with Gasteiger partial charge in [-0.2, -0.15) is 0 Å². The normalized spacial score (nSPS) is 17.4. The van der Waals surface area contributed by atoms with Gasteiger partial charge in [-0.3, -0.25) is 9.59 Å². The molecule has 1 atom stereocenters. The Labute approximate surface area is 134 Å². The second-order valence-corrected chi connectivity index (χ2v) is 5.45. The monoisotopic (exact) mass is 319 g/mol.